The van der Waals surface area contributed by atoms with Crippen molar-refractivity contribution in [2.45, 2.75) is 45.1 Å². The van der Waals surface area contributed by atoms with Crippen LogP contribution in [0.5, 0.6) is 0 Å². The second kappa shape index (κ2) is 5.48. The Morgan fingerprint density at radius 3 is 2.94 bits per heavy atom. The van der Waals surface area contributed by atoms with Gasteiger partial charge in [0.2, 0.25) is 0 Å². The Morgan fingerprint density at radius 2 is 2.17 bits per heavy atom. The first-order valence-electron chi connectivity index (χ1n) is 7.98. The van der Waals surface area contributed by atoms with Gasteiger partial charge < -0.3 is 5.32 Å². The number of nitrogens with zero attached hydrogens (tertiary/aromatic N) is 2. The number of nitrogens with one attached hydrogen (secondary N) is 1. The molecule has 2 unspecified atom stereocenters. The molecule has 0 spiro atoms. The summed E-state index contributed by atoms with van der Waals surface area (Å²) in [6, 6.07) is 0.871. The quantitative estimate of drug-likeness (QED) is 0.821. The number of hydrogen-bond acceptors (Lipinski definition) is 3. The molecule has 0 aromatic rings. The third-order valence-corrected chi connectivity index (χ3v) is 5.56. The molecule has 18 heavy (non-hydrogen) atoms. The summed E-state index contributed by atoms with van der Waals surface area (Å²) < 4.78 is 0. The number of fused-ring (bicyclic) bond motifs is 1. The van der Waals surface area contributed by atoms with Gasteiger partial charge in [-0.25, -0.2) is 0 Å². The summed E-state index contributed by atoms with van der Waals surface area (Å²) in [5, 5.41) is 3.57. The molecule has 0 amide bonds. The maximum Gasteiger partial charge on any atom is 0.0223 e. The number of piperidine rings is 1. The van der Waals surface area contributed by atoms with Crippen LogP contribution in [-0.2, 0) is 0 Å². The third-order valence-electron chi connectivity index (χ3n) is 5.56. The van der Waals surface area contributed by atoms with Gasteiger partial charge in [0.1, 0.15) is 0 Å². The summed E-state index contributed by atoms with van der Waals surface area (Å²) in [5.41, 5.74) is 0.580. The third kappa shape index (κ3) is 2.59. The average molecular weight is 251 g/mol. The van der Waals surface area contributed by atoms with Crippen LogP contribution in [0.25, 0.3) is 0 Å². The molecule has 0 aromatic carbocycles. The molecule has 3 saturated heterocycles. The fourth-order valence-corrected chi connectivity index (χ4v) is 4.18. The van der Waals surface area contributed by atoms with Gasteiger partial charge in [-0.3, -0.25) is 9.80 Å². The molecule has 2 atom stereocenters. The van der Waals surface area contributed by atoms with E-state index in [4.69, 9.17) is 0 Å². The molecule has 0 saturated carbocycles. The summed E-state index contributed by atoms with van der Waals surface area (Å²) in [5.74, 6) is 0. The average Bonchev–Trinajstić information content (AvgIpc) is 2.88. The van der Waals surface area contributed by atoms with E-state index in [1.807, 2.05) is 0 Å². The van der Waals surface area contributed by atoms with E-state index < -0.39 is 0 Å². The molecule has 1 N–H and O–H groups in total. The molecule has 104 valence electrons. The number of rotatable bonds is 3. The van der Waals surface area contributed by atoms with Crippen molar-refractivity contribution in [1.29, 1.82) is 0 Å². The Kier molecular flexibility index (Phi) is 3.92. The summed E-state index contributed by atoms with van der Waals surface area (Å²) in [4.78, 5) is 5.51. The maximum atomic E-state index is 3.57. The zero-order chi connectivity index (χ0) is 12.4. The van der Waals surface area contributed by atoms with Crippen LogP contribution < -0.4 is 5.32 Å². The highest BCUT2D eigenvalue weighted by atomic mass is 15.3. The molecule has 0 aliphatic carbocycles. The van der Waals surface area contributed by atoms with E-state index in [0.29, 0.717) is 5.41 Å². The number of piperazine rings is 1. The van der Waals surface area contributed by atoms with E-state index >= 15 is 0 Å². The van der Waals surface area contributed by atoms with Crippen LogP contribution in [0.1, 0.15) is 39.0 Å². The van der Waals surface area contributed by atoms with Gasteiger partial charge in [0.05, 0.1) is 0 Å². The van der Waals surface area contributed by atoms with E-state index in [1.54, 1.807) is 0 Å². The van der Waals surface area contributed by atoms with Gasteiger partial charge in [-0.05, 0) is 44.2 Å². The lowest BCUT2D eigenvalue weighted by molar-refractivity contribution is 0.0280. The van der Waals surface area contributed by atoms with Crippen molar-refractivity contribution in [3.63, 3.8) is 0 Å². The van der Waals surface area contributed by atoms with Crippen molar-refractivity contribution in [1.82, 2.24) is 15.1 Å². The fraction of sp³-hybridized carbons (Fsp3) is 1.00. The monoisotopic (exact) mass is 251 g/mol. The molecule has 0 bridgehead atoms. The molecule has 3 aliphatic rings. The van der Waals surface area contributed by atoms with E-state index in [2.05, 4.69) is 22.0 Å². The Balaban J connectivity index is 1.57. The van der Waals surface area contributed by atoms with E-state index in [9.17, 15) is 0 Å². The lowest BCUT2D eigenvalue weighted by Crippen LogP contribution is -2.56. The lowest BCUT2D eigenvalue weighted by atomic mass is 9.83. The van der Waals surface area contributed by atoms with Crippen molar-refractivity contribution in [3.8, 4) is 0 Å². The summed E-state index contributed by atoms with van der Waals surface area (Å²) in [7, 11) is 0. The van der Waals surface area contributed by atoms with Crippen molar-refractivity contribution in [2.75, 3.05) is 45.8 Å². The highest BCUT2D eigenvalue weighted by molar-refractivity contribution is 4.92. The second-order valence-electron chi connectivity index (χ2n) is 6.70. The Bertz CT molecular complexity index is 273. The van der Waals surface area contributed by atoms with Gasteiger partial charge in [0, 0.05) is 38.8 Å². The second-order valence-corrected chi connectivity index (χ2v) is 6.70. The van der Waals surface area contributed by atoms with Gasteiger partial charge >= 0.3 is 0 Å². The van der Waals surface area contributed by atoms with Crippen LogP contribution in [-0.4, -0.2) is 61.7 Å². The molecular weight excluding hydrogens is 222 g/mol. The van der Waals surface area contributed by atoms with Crippen molar-refractivity contribution < 1.29 is 0 Å². The standard InChI is InChI=1S/C15H29N3/c1-2-15(6-7-16-12-15)13-17-9-10-18-8-4-3-5-14(18)11-17/h14,16H,2-13H2,1H3. The van der Waals surface area contributed by atoms with Gasteiger partial charge in [-0.2, -0.15) is 0 Å². The zero-order valence-corrected chi connectivity index (χ0v) is 12.0. The summed E-state index contributed by atoms with van der Waals surface area (Å²) >= 11 is 0. The van der Waals surface area contributed by atoms with Gasteiger partial charge in [-0.15, -0.1) is 0 Å². The minimum Gasteiger partial charge on any atom is -0.316 e. The highest BCUT2D eigenvalue weighted by Crippen LogP contribution is 2.32. The van der Waals surface area contributed by atoms with Crippen LogP contribution in [0.3, 0.4) is 0 Å². The Labute approximate surface area is 112 Å². The smallest absolute Gasteiger partial charge is 0.0223 e. The van der Waals surface area contributed by atoms with Gasteiger partial charge in [0.25, 0.3) is 0 Å². The molecule has 3 nitrogen and oxygen atoms in total. The highest BCUT2D eigenvalue weighted by Gasteiger charge is 2.36. The molecule has 3 heterocycles. The molecule has 3 rings (SSSR count). The van der Waals surface area contributed by atoms with Crippen molar-refractivity contribution >= 4 is 0 Å². The SMILES string of the molecule is CCC1(CN2CCN3CCCCC3C2)CCNC1. The molecule has 3 aliphatic heterocycles. The minimum absolute atomic E-state index is 0.580. The van der Waals surface area contributed by atoms with E-state index in [1.165, 1.54) is 77.9 Å². The molecule has 3 heteroatoms. The molecular formula is C15H29N3. The first-order valence-corrected chi connectivity index (χ1v) is 7.98. The predicted molar refractivity (Wildman–Crippen MR) is 75.9 cm³/mol. The zero-order valence-electron chi connectivity index (χ0n) is 12.0. The molecule has 0 radical (unpaired) electrons. The Morgan fingerprint density at radius 1 is 1.22 bits per heavy atom. The van der Waals surface area contributed by atoms with Crippen molar-refractivity contribution in [2.24, 2.45) is 5.41 Å². The minimum atomic E-state index is 0.580. The van der Waals surface area contributed by atoms with Crippen LogP contribution >= 0.6 is 0 Å². The first-order chi connectivity index (χ1) is 8.81. The van der Waals surface area contributed by atoms with Crippen LogP contribution in [0.15, 0.2) is 0 Å². The number of hydrogen-bond donors (Lipinski definition) is 1. The maximum absolute atomic E-state index is 3.57. The topological polar surface area (TPSA) is 18.5 Å². The van der Waals surface area contributed by atoms with Crippen LogP contribution in [0.4, 0.5) is 0 Å². The normalized spacial score (nSPS) is 38.8. The van der Waals surface area contributed by atoms with Crippen molar-refractivity contribution in [3.05, 3.63) is 0 Å². The van der Waals surface area contributed by atoms with Gasteiger partial charge in [0.15, 0.2) is 0 Å². The largest absolute Gasteiger partial charge is 0.316 e. The van der Waals surface area contributed by atoms with Crippen LogP contribution in [0, 0.1) is 5.41 Å². The Hall–Kier alpha value is -0.120. The van der Waals surface area contributed by atoms with Crippen LogP contribution in [0.2, 0.25) is 0 Å². The first kappa shape index (κ1) is 12.9. The summed E-state index contributed by atoms with van der Waals surface area (Å²) in [6.07, 6.45) is 7.04. The van der Waals surface area contributed by atoms with E-state index in [0.717, 1.165) is 6.04 Å². The fourth-order valence-electron chi connectivity index (χ4n) is 4.18. The summed E-state index contributed by atoms with van der Waals surface area (Å²) in [6.45, 7) is 11.5. The lowest BCUT2D eigenvalue weighted by Gasteiger charge is -2.46. The molecule has 3 fully saturated rings. The van der Waals surface area contributed by atoms with Gasteiger partial charge in [-0.1, -0.05) is 13.3 Å². The molecule has 0 aromatic heterocycles. The predicted octanol–water partition coefficient (Wildman–Crippen LogP) is 1.55. The van der Waals surface area contributed by atoms with E-state index in [-0.39, 0.29) is 0 Å².